The van der Waals surface area contributed by atoms with Gasteiger partial charge in [0.25, 0.3) is 11.2 Å². The molecule has 0 radical (unpaired) electrons. The highest BCUT2D eigenvalue weighted by molar-refractivity contribution is 7.99. The molecule has 0 saturated heterocycles. The zero-order chi connectivity index (χ0) is 22.5. The predicted molar refractivity (Wildman–Crippen MR) is 120 cm³/mol. The van der Waals surface area contributed by atoms with Gasteiger partial charge < -0.3 is 10.1 Å². The molecule has 0 fully saturated rings. The number of halogens is 2. The Morgan fingerprint density at radius 1 is 1.26 bits per heavy atom. The number of fused-ring (bicyclic) bond motifs is 1. The van der Waals surface area contributed by atoms with Gasteiger partial charge in [-0.05, 0) is 30.3 Å². The molecule has 12 heteroatoms. The largest absolute Gasteiger partial charge is 0.383 e. The summed E-state index contributed by atoms with van der Waals surface area (Å²) in [5.41, 5.74) is -0.172. The van der Waals surface area contributed by atoms with Gasteiger partial charge in [-0.3, -0.25) is 24.3 Å². The monoisotopic (exact) mass is 482 g/mol. The molecule has 9 nitrogen and oxygen atoms in total. The van der Waals surface area contributed by atoms with Crippen LogP contribution in [0.25, 0.3) is 10.9 Å². The average molecular weight is 483 g/mol. The number of hydrogen-bond donors (Lipinski definition) is 1. The number of carbonyl (C=O) groups is 1. The Balaban J connectivity index is 1.85. The first-order valence-corrected chi connectivity index (χ1v) is 10.6. The summed E-state index contributed by atoms with van der Waals surface area (Å²) in [6.07, 6.45) is 0. The Morgan fingerprint density at radius 3 is 2.68 bits per heavy atom. The smallest absolute Gasteiger partial charge is 0.294 e. The van der Waals surface area contributed by atoms with E-state index in [0.717, 1.165) is 17.8 Å². The maximum atomic E-state index is 12.9. The van der Waals surface area contributed by atoms with Gasteiger partial charge in [0.2, 0.25) is 5.91 Å². The SMILES string of the molecule is COCCn1c(SCC(=O)Nc2ccc(Cl)cc2[N+](=O)[O-])nc2cc(Cl)ccc2c1=O. The lowest BCUT2D eigenvalue weighted by Crippen LogP contribution is -2.26. The number of hydrogen-bond acceptors (Lipinski definition) is 7. The summed E-state index contributed by atoms with van der Waals surface area (Å²) in [7, 11) is 1.51. The minimum atomic E-state index is -0.633. The van der Waals surface area contributed by atoms with Gasteiger partial charge in [0.1, 0.15) is 5.69 Å². The van der Waals surface area contributed by atoms with Crippen LogP contribution < -0.4 is 10.9 Å². The first kappa shape index (κ1) is 23.0. The first-order chi connectivity index (χ1) is 14.8. The van der Waals surface area contributed by atoms with Crippen LogP contribution in [-0.4, -0.2) is 39.9 Å². The number of nitrogens with one attached hydrogen (secondary N) is 1. The summed E-state index contributed by atoms with van der Waals surface area (Å²) >= 11 is 12.8. The van der Waals surface area contributed by atoms with E-state index in [1.807, 2.05) is 0 Å². The molecule has 0 aliphatic carbocycles. The van der Waals surface area contributed by atoms with Crippen LogP contribution in [0, 0.1) is 10.1 Å². The summed E-state index contributed by atoms with van der Waals surface area (Å²) in [5, 5.41) is 15.0. The van der Waals surface area contributed by atoms with Gasteiger partial charge in [0.05, 0.1) is 34.7 Å². The van der Waals surface area contributed by atoms with Crippen molar-refractivity contribution in [1.82, 2.24) is 9.55 Å². The van der Waals surface area contributed by atoms with Crippen molar-refractivity contribution < 1.29 is 14.5 Å². The molecule has 0 unspecified atom stereocenters. The van der Waals surface area contributed by atoms with Gasteiger partial charge in [0.15, 0.2) is 5.16 Å². The average Bonchev–Trinajstić information content (AvgIpc) is 2.72. The van der Waals surface area contributed by atoms with Gasteiger partial charge in [-0.2, -0.15) is 0 Å². The van der Waals surface area contributed by atoms with Gasteiger partial charge in [-0.15, -0.1) is 0 Å². The Hall–Kier alpha value is -2.66. The number of thioether (sulfide) groups is 1. The summed E-state index contributed by atoms with van der Waals surface area (Å²) in [5.74, 6) is -0.639. The zero-order valence-corrected chi connectivity index (χ0v) is 18.5. The number of nitrogens with zero attached hydrogens (tertiary/aromatic N) is 3. The van der Waals surface area contributed by atoms with Crippen LogP contribution in [0.4, 0.5) is 11.4 Å². The van der Waals surface area contributed by atoms with E-state index >= 15 is 0 Å². The molecule has 2 aromatic carbocycles. The molecule has 3 rings (SSSR count). The quantitative estimate of drug-likeness (QED) is 0.223. The molecular weight excluding hydrogens is 467 g/mol. The molecule has 0 bridgehead atoms. The van der Waals surface area contributed by atoms with E-state index in [1.54, 1.807) is 18.2 Å². The normalized spacial score (nSPS) is 10.9. The molecule has 1 amide bonds. The number of ether oxygens (including phenoxy) is 1. The molecule has 162 valence electrons. The zero-order valence-electron chi connectivity index (χ0n) is 16.1. The van der Waals surface area contributed by atoms with Crippen LogP contribution in [0.5, 0.6) is 0 Å². The van der Waals surface area contributed by atoms with Crippen LogP contribution in [0.2, 0.25) is 10.0 Å². The van der Waals surface area contributed by atoms with Gasteiger partial charge in [-0.1, -0.05) is 35.0 Å². The third-order valence-electron chi connectivity index (χ3n) is 4.16. The summed E-state index contributed by atoms with van der Waals surface area (Å²) in [4.78, 5) is 40.3. The molecular formula is C19H16Cl2N4O5S. The fourth-order valence-corrected chi connectivity index (χ4v) is 3.90. The Bertz CT molecular complexity index is 1220. The molecule has 0 saturated carbocycles. The second kappa shape index (κ2) is 10.1. The van der Waals surface area contributed by atoms with E-state index in [2.05, 4.69) is 10.3 Å². The number of carbonyl (C=O) groups excluding carboxylic acids is 1. The maximum Gasteiger partial charge on any atom is 0.294 e. The van der Waals surface area contributed by atoms with Crippen molar-refractivity contribution >= 4 is 63.1 Å². The molecule has 0 atom stereocenters. The molecule has 1 aromatic heterocycles. The number of anilines is 1. The highest BCUT2D eigenvalue weighted by atomic mass is 35.5. The Morgan fingerprint density at radius 2 is 1.97 bits per heavy atom. The van der Waals surface area contributed by atoms with Crippen LogP contribution in [0.3, 0.4) is 0 Å². The number of amides is 1. The molecule has 3 aromatic rings. The van der Waals surface area contributed by atoms with Crippen molar-refractivity contribution in [1.29, 1.82) is 0 Å². The summed E-state index contributed by atoms with van der Waals surface area (Å²) < 4.78 is 6.48. The fourth-order valence-electron chi connectivity index (χ4n) is 2.74. The number of nitro benzene ring substituents is 1. The highest BCUT2D eigenvalue weighted by Crippen LogP contribution is 2.28. The van der Waals surface area contributed by atoms with Crippen LogP contribution >= 0.6 is 35.0 Å². The van der Waals surface area contributed by atoms with Crippen molar-refractivity contribution in [2.45, 2.75) is 11.7 Å². The summed E-state index contributed by atoms with van der Waals surface area (Å²) in [6.45, 7) is 0.519. The van der Waals surface area contributed by atoms with Crippen molar-refractivity contribution in [3.8, 4) is 0 Å². The van der Waals surface area contributed by atoms with Crippen LogP contribution in [0.15, 0.2) is 46.3 Å². The molecule has 0 aliphatic rings. The minimum absolute atomic E-state index is 0.0232. The summed E-state index contributed by atoms with van der Waals surface area (Å²) in [6, 6.07) is 8.72. The number of benzene rings is 2. The van der Waals surface area contributed by atoms with E-state index < -0.39 is 10.8 Å². The lowest BCUT2D eigenvalue weighted by Gasteiger charge is -2.13. The molecule has 1 N–H and O–H groups in total. The first-order valence-electron chi connectivity index (χ1n) is 8.85. The lowest BCUT2D eigenvalue weighted by atomic mass is 10.2. The topological polar surface area (TPSA) is 116 Å². The lowest BCUT2D eigenvalue weighted by molar-refractivity contribution is -0.383. The Kier molecular flexibility index (Phi) is 7.50. The molecule has 0 aliphatic heterocycles. The maximum absolute atomic E-state index is 12.9. The minimum Gasteiger partial charge on any atom is -0.383 e. The van der Waals surface area contributed by atoms with E-state index in [9.17, 15) is 19.7 Å². The second-order valence-corrected chi connectivity index (χ2v) is 8.08. The predicted octanol–water partition coefficient (Wildman–Crippen LogP) is 3.99. The molecule has 31 heavy (non-hydrogen) atoms. The van der Waals surface area contributed by atoms with Crippen molar-refractivity contribution in [2.75, 3.05) is 24.8 Å². The van der Waals surface area contributed by atoms with E-state index in [4.69, 9.17) is 27.9 Å². The molecule has 1 heterocycles. The highest BCUT2D eigenvalue weighted by Gasteiger charge is 2.18. The molecule has 0 spiro atoms. The number of aromatic nitrogens is 2. The third kappa shape index (κ3) is 5.53. The van der Waals surface area contributed by atoms with Crippen molar-refractivity contribution in [3.63, 3.8) is 0 Å². The van der Waals surface area contributed by atoms with Gasteiger partial charge >= 0.3 is 0 Å². The second-order valence-electron chi connectivity index (χ2n) is 6.26. The van der Waals surface area contributed by atoms with Crippen LogP contribution in [0.1, 0.15) is 0 Å². The van der Waals surface area contributed by atoms with E-state index in [-0.39, 0.29) is 40.9 Å². The number of methoxy groups -OCH3 is 1. The third-order valence-corrected chi connectivity index (χ3v) is 5.61. The van der Waals surface area contributed by atoms with E-state index in [0.29, 0.717) is 21.1 Å². The standard InChI is InChI=1S/C19H16Cl2N4O5S/c1-30-7-6-24-18(27)13-4-2-11(20)8-15(13)23-19(24)31-10-17(26)22-14-5-3-12(21)9-16(14)25(28)29/h2-5,8-9H,6-7,10H2,1H3,(H,22,26). The van der Waals surface area contributed by atoms with Gasteiger partial charge in [0, 0.05) is 23.2 Å². The fraction of sp³-hybridized carbons (Fsp3) is 0.211. The van der Waals surface area contributed by atoms with Crippen LogP contribution in [-0.2, 0) is 16.1 Å². The Labute approximate surface area is 190 Å². The van der Waals surface area contributed by atoms with Crippen molar-refractivity contribution in [3.05, 3.63) is 66.9 Å². The number of rotatable bonds is 8. The van der Waals surface area contributed by atoms with Gasteiger partial charge in [-0.25, -0.2) is 4.98 Å². The van der Waals surface area contributed by atoms with E-state index in [1.165, 1.54) is 23.8 Å². The van der Waals surface area contributed by atoms with Crippen molar-refractivity contribution in [2.24, 2.45) is 0 Å². The number of nitro groups is 1.